The van der Waals surface area contributed by atoms with Gasteiger partial charge in [-0.25, -0.2) is 9.97 Å². The van der Waals surface area contributed by atoms with Gasteiger partial charge in [0.15, 0.2) is 0 Å². The van der Waals surface area contributed by atoms with E-state index >= 15 is 0 Å². The number of aryl methyl sites for hydroxylation is 1. The van der Waals surface area contributed by atoms with E-state index in [0.29, 0.717) is 6.10 Å². The summed E-state index contributed by atoms with van der Waals surface area (Å²) in [7, 11) is 0. The molecule has 1 fully saturated rings. The zero-order valence-electron chi connectivity index (χ0n) is 8.57. The Kier molecular flexibility index (Phi) is 2.96. The maximum atomic E-state index is 5.77. The SMILES string of the molecule is CCc1cc(OC2CCCC2)ncn1. The predicted molar refractivity (Wildman–Crippen MR) is 54.3 cm³/mol. The molecule has 3 nitrogen and oxygen atoms in total. The molecule has 1 aromatic heterocycles. The van der Waals surface area contributed by atoms with Crippen molar-refractivity contribution in [3.05, 3.63) is 18.1 Å². The first-order valence-electron chi connectivity index (χ1n) is 5.36. The molecular weight excluding hydrogens is 176 g/mol. The van der Waals surface area contributed by atoms with Crippen molar-refractivity contribution >= 4 is 0 Å². The summed E-state index contributed by atoms with van der Waals surface area (Å²) in [4.78, 5) is 8.26. The number of nitrogens with zero attached hydrogens (tertiary/aromatic N) is 2. The first kappa shape index (κ1) is 9.44. The molecule has 0 unspecified atom stereocenters. The van der Waals surface area contributed by atoms with Crippen LogP contribution in [0.25, 0.3) is 0 Å². The number of ether oxygens (including phenoxy) is 1. The zero-order valence-corrected chi connectivity index (χ0v) is 8.57. The Balaban J connectivity index is 2.00. The van der Waals surface area contributed by atoms with Gasteiger partial charge in [-0.05, 0) is 32.1 Å². The molecule has 0 radical (unpaired) electrons. The minimum atomic E-state index is 0.384. The lowest BCUT2D eigenvalue weighted by molar-refractivity contribution is 0.201. The summed E-state index contributed by atoms with van der Waals surface area (Å²) in [6.07, 6.45) is 7.82. The van der Waals surface area contributed by atoms with E-state index in [4.69, 9.17) is 4.74 Å². The molecule has 0 N–H and O–H groups in total. The Hall–Kier alpha value is -1.12. The maximum Gasteiger partial charge on any atom is 0.216 e. The Bertz CT molecular complexity index is 295. The fourth-order valence-corrected chi connectivity index (χ4v) is 1.81. The van der Waals surface area contributed by atoms with E-state index in [1.54, 1.807) is 6.33 Å². The van der Waals surface area contributed by atoms with Crippen molar-refractivity contribution in [2.75, 3.05) is 0 Å². The average molecular weight is 192 g/mol. The van der Waals surface area contributed by atoms with Gasteiger partial charge in [0.2, 0.25) is 5.88 Å². The lowest BCUT2D eigenvalue weighted by atomic mass is 10.3. The van der Waals surface area contributed by atoms with Gasteiger partial charge < -0.3 is 4.74 Å². The molecule has 3 heteroatoms. The molecule has 1 saturated carbocycles. The Morgan fingerprint density at radius 1 is 1.36 bits per heavy atom. The standard InChI is InChI=1S/C11H16N2O/c1-2-9-7-11(13-8-12-9)14-10-5-3-4-6-10/h7-8,10H,2-6H2,1H3. The van der Waals surface area contributed by atoms with Gasteiger partial charge in [-0.3, -0.25) is 0 Å². The molecule has 14 heavy (non-hydrogen) atoms. The third-order valence-electron chi connectivity index (χ3n) is 2.65. The molecule has 1 aliphatic rings. The molecule has 2 rings (SSSR count). The maximum absolute atomic E-state index is 5.77. The predicted octanol–water partition coefficient (Wildman–Crippen LogP) is 2.36. The van der Waals surface area contributed by atoms with Crippen LogP contribution in [0.15, 0.2) is 12.4 Å². The minimum absolute atomic E-state index is 0.384. The van der Waals surface area contributed by atoms with Crippen LogP contribution in [0.5, 0.6) is 5.88 Å². The molecule has 1 aliphatic carbocycles. The van der Waals surface area contributed by atoms with Crippen molar-refractivity contribution in [2.24, 2.45) is 0 Å². The number of aromatic nitrogens is 2. The number of rotatable bonds is 3. The summed E-state index contributed by atoms with van der Waals surface area (Å²) >= 11 is 0. The second-order valence-corrected chi connectivity index (χ2v) is 3.73. The van der Waals surface area contributed by atoms with Crippen LogP contribution >= 0.6 is 0 Å². The Labute approximate surface area is 84.5 Å². The lowest BCUT2D eigenvalue weighted by Crippen LogP contribution is -2.12. The summed E-state index contributed by atoms with van der Waals surface area (Å²) in [6, 6.07) is 1.94. The quantitative estimate of drug-likeness (QED) is 0.737. The first-order valence-corrected chi connectivity index (χ1v) is 5.36. The average Bonchev–Trinajstić information content (AvgIpc) is 2.71. The smallest absolute Gasteiger partial charge is 0.216 e. The highest BCUT2D eigenvalue weighted by molar-refractivity contribution is 5.13. The van der Waals surface area contributed by atoms with Crippen molar-refractivity contribution in [3.63, 3.8) is 0 Å². The topological polar surface area (TPSA) is 35.0 Å². The van der Waals surface area contributed by atoms with E-state index in [1.165, 1.54) is 25.7 Å². The van der Waals surface area contributed by atoms with Crippen LogP contribution in [-0.2, 0) is 6.42 Å². The van der Waals surface area contributed by atoms with E-state index < -0.39 is 0 Å². The van der Waals surface area contributed by atoms with Crippen LogP contribution in [-0.4, -0.2) is 16.1 Å². The number of hydrogen-bond acceptors (Lipinski definition) is 3. The molecule has 0 aliphatic heterocycles. The van der Waals surface area contributed by atoms with Crippen molar-refractivity contribution in [2.45, 2.75) is 45.1 Å². The first-order chi connectivity index (χ1) is 6.88. The molecule has 0 bridgehead atoms. The van der Waals surface area contributed by atoms with E-state index in [0.717, 1.165) is 18.0 Å². The largest absolute Gasteiger partial charge is 0.474 e. The van der Waals surface area contributed by atoms with Crippen LogP contribution in [0.3, 0.4) is 0 Å². The van der Waals surface area contributed by atoms with Gasteiger partial charge in [-0.2, -0.15) is 0 Å². The van der Waals surface area contributed by atoms with E-state index in [-0.39, 0.29) is 0 Å². The van der Waals surface area contributed by atoms with Crippen LogP contribution < -0.4 is 4.74 Å². The van der Waals surface area contributed by atoms with Gasteiger partial charge in [-0.15, -0.1) is 0 Å². The van der Waals surface area contributed by atoms with Crippen molar-refractivity contribution in [1.82, 2.24) is 9.97 Å². The molecule has 1 heterocycles. The van der Waals surface area contributed by atoms with Crippen LogP contribution in [0, 0.1) is 0 Å². The summed E-state index contributed by atoms with van der Waals surface area (Å²) in [5, 5.41) is 0. The molecule has 0 saturated heterocycles. The van der Waals surface area contributed by atoms with Crippen molar-refractivity contribution in [3.8, 4) is 5.88 Å². The Morgan fingerprint density at radius 3 is 2.86 bits per heavy atom. The normalized spacial score (nSPS) is 17.2. The third kappa shape index (κ3) is 2.22. The van der Waals surface area contributed by atoms with Crippen LogP contribution in [0.4, 0.5) is 0 Å². The summed E-state index contributed by atoms with van der Waals surface area (Å²) in [5.74, 6) is 0.740. The fraction of sp³-hybridized carbons (Fsp3) is 0.636. The molecular formula is C11H16N2O. The van der Waals surface area contributed by atoms with Gasteiger partial charge in [0.25, 0.3) is 0 Å². The van der Waals surface area contributed by atoms with Crippen LogP contribution in [0.2, 0.25) is 0 Å². The fourth-order valence-electron chi connectivity index (χ4n) is 1.81. The monoisotopic (exact) mass is 192 g/mol. The second kappa shape index (κ2) is 4.40. The molecule has 0 spiro atoms. The zero-order chi connectivity index (χ0) is 9.80. The lowest BCUT2D eigenvalue weighted by Gasteiger charge is -2.11. The Morgan fingerprint density at radius 2 is 2.14 bits per heavy atom. The van der Waals surface area contributed by atoms with E-state index in [2.05, 4.69) is 16.9 Å². The third-order valence-corrected chi connectivity index (χ3v) is 2.65. The molecule has 76 valence electrons. The highest BCUT2D eigenvalue weighted by Gasteiger charge is 2.16. The highest BCUT2D eigenvalue weighted by Crippen LogP contribution is 2.22. The van der Waals surface area contributed by atoms with Crippen LogP contribution in [0.1, 0.15) is 38.3 Å². The minimum Gasteiger partial charge on any atom is -0.474 e. The van der Waals surface area contributed by atoms with Gasteiger partial charge in [0, 0.05) is 11.8 Å². The second-order valence-electron chi connectivity index (χ2n) is 3.73. The van der Waals surface area contributed by atoms with Gasteiger partial charge in [0.1, 0.15) is 12.4 Å². The van der Waals surface area contributed by atoms with Gasteiger partial charge in [0.05, 0.1) is 0 Å². The summed E-state index contributed by atoms with van der Waals surface area (Å²) in [5.41, 5.74) is 1.05. The molecule has 0 atom stereocenters. The van der Waals surface area contributed by atoms with Crippen molar-refractivity contribution in [1.29, 1.82) is 0 Å². The number of hydrogen-bond donors (Lipinski definition) is 0. The van der Waals surface area contributed by atoms with E-state index in [9.17, 15) is 0 Å². The molecule has 0 amide bonds. The van der Waals surface area contributed by atoms with Crippen molar-refractivity contribution < 1.29 is 4.74 Å². The van der Waals surface area contributed by atoms with Gasteiger partial charge in [-0.1, -0.05) is 6.92 Å². The van der Waals surface area contributed by atoms with E-state index in [1.807, 2.05) is 6.07 Å². The molecule has 1 aromatic rings. The summed E-state index contributed by atoms with van der Waals surface area (Å²) in [6.45, 7) is 2.09. The van der Waals surface area contributed by atoms with Gasteiger partial charge >= 0.3 is 0 Å². The highest BCUT2D eigenvalue weighted by atomic mass is 16.5. The summed E-state index contributed by atoms with van der Waals surface area (Å²) < 4.78 is 5.77. The molecule has 0 aromatic carbocycles.